The molecule has 0 atom stereocenters. The zero-order valence-corrected chi connectivity index (χ0v) is 16.9. The van der Waals surface area contributed by atoms with Crippen molar-refractivity contribution in [1.82, 2.24) is 4.83 Å². The average molecular weight is 407 g/mol. The van der Waals surface area contributed by atoms with Crippen LogP contribution in [0.4, 0.5) is 0 Å². The molecule has 3 aromatic rings. The van der Waals surface area contributed by atoms with Crippen molar-refractivity contribution >= 4 is 21.4 Å². The van der Waals surface area contributed by atoms with Crippen molar-refractivity contribution in [2.75, 3.05) is 7.11 Å². The van der Waals surface area contributed by atoms with Crippen LogP contribution in [-0.4, -0.2) is 27.0 Å². The molecule has 0 aliphatic carbocycles. The molecule has 3 aromatic carbocycles. The van der Waals surface area contributed by atoms with Gasteiger partial charge >= 0.3 is 0 Å². The summed E-state index contributed by atoms with van der Waals surface area (Å²) in [6, 6.07) is 25.1. The van der Waals surface area contributed by atoms with Crippen molar-refractivity contribution in [2.45, 2.75) is 11.8 Å². The van der Waals surface area contributed by atoms with Gasteiger partial charge in [0.15, 0.2) is 0 Å². The second-order valence-electron chi connectivity index (χ2n) is 6.22. The summed E-state index contributed by atoms with van der Waals surface area (Å²) in [5.74, 6) is 0. The predicted molar refractivity (Wildman–Crippen MR) is 114 cm³/mol. The van der Waals surface area contributed by atoms with Crippen molar-refractivity contribution in [3.63, 3.8) is 0 Å². The molecule has 0 bridgehead atoms. The zero-order chi connectivity index (χ0) is 20.7. The van der Waals surface area contributed by atoms with Gasteiger partial charge in [-0.2, -0.15) is 18.4 Å². The highest BCUT2D eigenvalue weighted by molar-refractivity contribution is 7.89. The molecule has 0 aliphatic rings. The van der Waals surface area contributed by atoms with E-state index >= 15 is 0 Å². The molecule has 0 radical (unpaired) electrons. The number of nitrogens with zero attached hydrogens (tertiary/aromatic N) is 2. The highest BCUT2D eigenvalue weighted by Crippen LogP contribution is 2.13. The van der Waals surface area contributed by atoms with Crippen LogP contribution in [0.15, 0.2) is 100 Å². The highest BCUT2D eigenvalue weighted by Gasteiger charge is 2.18. The number of hydrazone groups is 1. The van der Waals surface area contributed by atoms with E-state index in [2.05, 4.69) is 15.1 Å². The Labute approximate surface area is 170 Å². The molecule has 0 aromatic heterocycles. The predicted octanol–water partition coefficient (Wildman–Crippen LogP) is 3.73. The fourth-order valence-electron chi connectivity index (χ4n) is 2.65. The fourth-order valence-corrected chi connectivity index (χ4v) is 3.46. The Morgan fingerprint density at radius 2 is 1.31 bits per heavy atom. The molecule has 148 valence electrons. The number of hydrogen-bond acceptors (Lipinski definition) is 5. The smallest absolute Gasteiger partial charge is 0.276 e. The van der Waals surface area contributed by atoms with Crippen LogP contribution in [0.2, 0.25) is 0 Å². The molecule has 0 spiro atoms. The molecule has 0 amide bonds. The lowest BCUT2D eigenvalue weighted by atomic mass is 10.00. The molecule has 0 fully saturated rings. The fraction of sp³-hybridized carbons (Fsp3) is 0.0909. The van der Waals surface area contributed by atoms with E-state index in [0.717, 1.165) is 11.1 Å². The summed E-state index contributed by atoms with van der Waals surface area (Å²) in [5, 5.41) is 8.33. The van der Waals surface area contributed by atoms with Crippen LogP contribution < -0.4 is 4.83 Å². The first-order chi connectivity index (χ1) is 14.0. The van der Waals surface area contributed by atoms with Gasteiger partial charge in [0.25, 0.3) is 10.0 Å². The highest BCUT2D eigenvalue weighted by atomic mass is 32.2. The maximum absolute atomic E-state index is 12.7. The standard InChI is InChI=1S/C22H21N3O3S/c1-17-13-15-20(16-14-17)29(26,27)25-23-21(18-9-5-3-6-10-18)22(24-28-2)19-11-7-4-8-12-19/h3-16,25H,1-2H3/b23-21+,24-22+. The molecule has 0 unspecified atom stereocenters. The SMILES string of the molecule is CO/N=C(/C(=N/NS(=O)(=O)c1ccc(C)cc1)c1ccccc1)c1ccccc1. The largest absolute Gasteiger partial charge is 0.399 e. The maximum Gasteiger partial charge on any atom is 0.276 e. The van der Waals surface area contributed by atoms with Gasteiger partial charge in [-0.15, -0.1) is 0 Å². The number of oxime groups is 1. The van der Waals surface area contributed by atoms with E-state index in [1.54, 1.807) is 12.1 Å². The molecule has 0 heterocycles. The first-order valence-corrected chi connectivity index (χ1v) is 10.4. The third kappa shape index (κ3) is 5.08. The van der Waals surface area contributed by atoms with Crippen LogP contribution in [-0.2, 0) is 14.9 Å². The second kappa shape index (κ2) is 9.16. The van der Waals surface area contributed by atoms with Gasteiger partial charge in [-0.1, -0.05) is 83.5 Å². The van der Waals surface area contributed by atoms with Crippen molar-refractivity contribution in [3.05, 3.63) is 102 Å². The van der Waals surface area contributed by atoms with Crippen molar-refractivity contribution in [1.29, 1.82) is 0 Å². The second-order valence-corrected chi connectivity index (χ2v) is 7.88. The van der Waals surface area contributed by atoms with Crippen LogP contribution in [0, 0.1) is 6.92 Å². The Kier molecular flexibility index (Phi) is 6.41. The quantitative estimate of drug-likeness (QED) is 0.479. The lowest BCUT2D eigenvalue weighted by Gasteiger charge is -2.11. The minimum atomic E-state index is -3.84. The third-order valence-electron chi connectivity index (χ3n) is 4.11. The summed E-state index contributed by atoms with van der Waals surface area (Å²) in [6.07, 6.45) is 0. The lowest BCUT2D eigenvalue weighted by molar-refractivity contribution is 0.214. The van der Waals surface area contributed by atoms with Crippen LogP contribution >= 0.6 is 0 Å². The van der Waals surface area contributed by atoms with E-state index in [-0.39, 0.29) is 4.90 Å². The monoisotopic (exact) mass is 407 g/mol. The number of benzene rings is 3. The number of nitrogens with one attached hydrogen (secondary N) is 1. The Morgan fingerprint density at radius 3 is 1.83 bits per heavy atom. The topological polar surface area (TPSA) is 80.1 Å². The lowest BCUT2D eigenvalue weighted by Crippen LogP contribution is -2.25. The number of sulfonamides is 1. The molecular formula is C22H21N3O3S. The van der Waals surface area contributed by atoms with Gasteiger partial charge in [-0.25, -0.2) is 0 Å². The summed E-state index contributed by atoms with van der Waals surface area (Å²) in [7, 11) is -2.41. The number of rotatable bonds is 7. The molecule has 0 saturated heterocycles. The summed E-state index contributed by atoms with van der Waals surface area (Å²) in [6.45, 7) is 1.89. The van der Waals surface area contributed by atoms with E-state index in [4.69, 9.17) is 4.84 Å². The summed E-state index contributed by atoms with van der Waals surface area (Å²) < 4.78 is 25.4. The molecule has 0 saturated carbocycles. The minimum absolute atomic E-state index is 0.129. The Balaban J connectivity index is 2.06. The van der Waals surface area contributed by atoms with Crippen LogP contribution in [0.3, 0.4) is 0 Å². The summed E-state index contributed by atoms with van der Waals surface area (Å²) >= 11 is 0. The molecule has 7 heteroatoms. The van der Waals surface area contributed by atoms with Crippen LogP contribution in [0.1, 0.15) is 16.7 Å². The van der Waals surface area contributed by atoms with E-state index in [0.29, 0.717) is 17.0 Å². The zero-order valence-electron chi connectivity index (χ0n) is 16.1. The summed E-state index contributed by atoms with van der Waals surface area (Å²) in [5.41, 5.74) is 3.15. The maximum atomic E-state index is 12.7. The average Bonchev–Trinajstić information content (AvgIpc) is 2.75. The molecule has 3 rings (SSSR count). The van der Waals surface area contributed by atoms with Gasteiger partial charge in [0.2, 0.25) is 0 Å². The minimum Gasteiger partial charge on any atom is -0.399 e. The van der Waals surface area contributed by atoms with E-state index < -0.39 is 10.0 Å². The molecule has 6 nitrogen and oxygen atoms in total. The third-order valence-corrected chi connectivity index (χ3v) is 5.33. The first-order valence-electron chi connectivity index (χ1n) is 8.90. The van der Waals surface area contributed by atoms with Crippen molar-refractivity contribution < 1.29 is 13.3 Å². The Morgan fingerprint density at radius 1 is 0.793 bits per heavy atom. The van der Waals surface area contributed by atoms with E-state index in [1.165, 1.54) is 19.2 Å². The van der Waals surface area contributed by atoms with Crippen LogP contribution in [0.5, 0.6) is 0 Å². The Hall–Kier alpha value is -3.45. The Bertz CT molecular complexity index is 1110. The van der Waals surface area contributed by atoms with Gasteiger partial charge < -0.3 is 4.84 Å². The number of hydrogen-bond donors (Lipinski definition) is 1. The number of aryl methyl sites for hydroxylation is 1. The van der Waals surface area contributed by atoms with E-state index in [9.17, 15) is 8.42 Å². The molecule has 0 aliphatic heterocycles. The van der Waals surface area contributed by atoms with E-state index in [1.807, 2.05) is 67.6 Å². The summed E-state index contributed by atoms with van der Waals surface area (Å²) in [4.78, 5) is 7.48. The molecule has 1 N–H and O–H groups in total. The van der Waals surface area contributed by atoms with Crippen molar-refractivity contribution in [2.24, 2.45) is 10.3 Å². The molecular weight excluding hydrogens is 386 g/mol. The normalized spacial score (nSPS) is 12.5. The van der Waals surface area contributed by atoms with Crippen LogP contribution in [0.25, 0.3) is 0 Å². The first kappa shape index (κ1) is 20.3. The molecule has 29 heavy (non-hydrogen) atoms. The van der Waals surface area contributed by atoms with Gasteiger partial charge in [0.05, 0.1) is 4.90 Å². The van der Waals surface area contributed by atoms with Gasteiger partial charge in [0, 0.05) is 11.1 Å². The van der Waals surface area contributed by atoms with Gasteiger partial charge in [-0.3, -0.25) is 0 Å². The van der Waals surface area contributed by atoms with Crippen molar-refractivity contribution in [3.8, 4) is 0 Å². The van der Waals surface area contributed by atoms with Gasteiger partial charge in [0.1, 0.15) is 18.5 Å². The van der Waals surface area contributed by atoms with Gasteiger partial charge in [-0.05, 0) is 19.1 Å².